The van der Waals surface area contributed by atoms with Crippen LogP contribution in [0, 0.1) is 0 Å². The quantitative estimate of drug-likeness (QED) is 0.866. The van der Waals surface area contributed by atoms with Gasteiger partial charge in [0.2, 0.25) is 5.91 Å². The molecule has 0 radical (unpaired) electrons. The molecule has 20 heavy (non-hydrogen) atoms. The second kappa shape index (κ2) is 7.29. The van der Waals surface area contributed by atoms with Crippen LogP contribution in [0.25, 0.3) is 0 Å². The van der Waals surface area contributed by atoms with Crippen molar-refractivity contribution >= 4 is 17.3 Å². The van der Waals surface area contributed by atoms with Crippen LogP contribution in [-0.2, 0) is 9.53 Å². The fourth-order valence-corrected chi connectivity index (χ4v) is 2.43. The van der Waals surface area contributed by atoms with Crippen LogP contribution >= 0.6 is 0 Å². The highest BCUT2D eigenvalue weighted by Crippen LogP contribution is 2.21. The van der Waals surface area contributed by atoms with E-state index >= 15 is 0 Å². The lowest BCUT2D eigenvalue weighted by molar-refractivity contribution is -0.115. The van der Waals surface area contributed by atoms with Gasteiger partial charge < -0.3 is 15.4 Å². The minimum absolute atomic E-state index is 0.0425. The predicted molar refractivity (Wildman–Crippen MR) is 82.0 cm³/mol. The number of ether oxygens (including phenoxy) is 1. The SMILES string of the molecule is CCC(=O)Nc1ccc(NC2CCOC(CC)C2)cc1. The summed E-state index contributed by atoms with van der Waals surface area (Å²) in [5.41, 5.74) is 1.95. The zero-order valence-electron chi connectivity index (χ0n) is 12.3. The number of nitrogens with one attached hydrogen (secondary N) is 2. The molecule has 0 spiro atoms. The number of carbonyl (C=O) groups is 1. The zero-order valence-corrected chi connectivity index (χ0v) is 12.3. The number of amides is 1. The average molecular weight is 276 g/mol. The third-order valence-corrected chi connectivity index (χ3v) is 3.68. The molecule has 1 amide bonds. The van der Waals surface area contributed by atoms with Crippen LogP contribution in [0.4, 0.5) is 11.4 Å². The van der Waals surface area contributed by atoms with Crippen LogP contribution < -0.4 is 10.6 Å². The fourth-order valence-electron chi connectivity index (χ4n) is 2.43. The second-order valence-corrected chi connectivity index (χ2v) is 5.25. The highest BCUT2D eigenvalue weighted by Gasteiger charge is 2.20. The number of benzene rings is 1. The zero-order chi connectivity index (χ0) is 14.4. The molecular weight excluding hydrogens is 252 g/mol. The summed E-state index contributed by atoms with van der Waals surface area (Å²) in [6.07, 6.45) is 4.06. The van der Waals surface area contributed by atoms with E-state index in [0.29, 0.717) is 18.6 Å². The minimum atomic E-state index is 0.0425. The largest absolute Gasteiger partial charge is 0.382 e. The summed E-state index contributed by atoms with van der Waals surface area (Å²) in [5, 5.41) is 6.40. The van der Waals surface area contributed by atoms with Gasteiger partial charge in [0.25, 0.3) is 0 Å². The van der Waals surface area contributed by atoms with Gasteiger partial charge in [0, 0.05) is 30.4 Å². The molecule has 1 fully saturated rings. The first-order chi connectivity index (χ1) is 9.71. The maximum atomic E-state index is 11.3. The average Bonchev–Trinajstić information content (AvgIpc) is 2.49. The Morgan fingerprint density at radius 2 is 1.95 bits per heavy atom. The number of anilines is 2. The molecule has 2 atom stereocenters. The molecule has 1 heterocycles. The fraction of sp³-hybridized carbons (Fsp3) is 0.562. The summed E-state index contributed by atoms with van der Waals surface area (Å²) < 4.78 is 5.68. The smallest absolute Gasteiger partial charge is 0.224 e. The lowest BCUT2D eigenvalue weighted by Crippen LogP contribution is -2.33. The van der Waals surface area contributed by atoms with Crippen molar-refractivity contribution in [2.45, 2.75) is 51.7 Å². The Labute approximate surface area is 120 Å². The van der Waals surface area contributed by atoms with Gasteiger partial charge in [-0.2, -0.15) is 0 Å². The third-order valence-electron chi connectivity index (χ3n) is 3.68. The van der Waals surface area contributed by atoms with E-state index < -0.39 is 0 Å². The topological polar surface area (TPSA) is 50.4 Å². The van der Waals surface area contributed by atoms with Crippen LogP contribution in [0.2, 0.25) is 0 Å². The molecule has 4 heteroatoms. The molecule has 2 rings (SSSR count). The van der Waals surface area contributed by atoms with Gasteiger partial charge in [0.15, 0.2) is 0 Å². The van der Waals surface area contributed by atoms with Gasteiger partial charge in [-0.05, 0) is 43.5 Å². The molecule has 2 N–H and O–H groups in total. The Morgan fingerprint density at radius 1 is 1.25 bits per heavy atom. The first-order valence-corrected chi connectivity index (χ1v) is 7.49. The first kappa shape index (κ1) is 14.9. The molecule has 1 aliphatic heterocycles. The van der Waals surface area contributed by atoms with Gasteiger partial charge >= 0.3 is 0 Å². The molecule has 1 saturated heterocycles. The number of rotatable bonds is 5. The molecule has 0 aromatic heterocycles. The van der Waals surface area contributed by atoms with Gasteiger partial charge in [0.1, 0.15) is 0 Å². The summed E-state index contributed by atoms with van der Waals surface area (Å²) in [4.78, 5) is 11.3. The maximum Gasteiger partial charge on any atom is 0.224 e. The third kappa shape index (κ3) is 4.23. The van der Waals surface area contributed by atoms with Crippen molar-refractivity contribution in [2.75, 3.05) is 17.2 Å². The highest BCUT2D eigenvalue weighted by atomic mass is 16.5. The van der Waals surface area contributed by atoms with Crippen molar-refractivity contribution in [3.05, 3.63) is 24.3 Å². The molecule has 0 bridgehead atoms. The van der Waals surface area contributed by atoms with Gasteiger partial charge in [-0.1, -0.05) is 13.8 Å². The van der Waals surface area contributed by atoms with Gasteiger partial charge in [-0.15, -0.1) is 0 Å². The van der Waals surface area contributed by atoms with Gasteiger partial charge in [0.05, 0.1) is 6.10 Å². The summed E-state index contributed by atoms with van der Waals surface area (Å²) >= 11 is 0. The van der Waals surface area contributed by atoms with E-state index in [1.54, 1.807) is 0 Å². The van der Waals surface area contributed by atoms with Crippen LogP contribution in [-0.4, -0.2) is 24.7 Å². The van der Waals surface area contributed by atoms with Crippen molar-refractivity contribution in [1.82, 2.24) is 0 Å². The number of carbonyl (C=O) groups excluding carboxylic acids is 1. The van der Waals surface area contributed by atoms with E-state index in [2.05, 4.69) is 17.6 Å². The summed E-state index contributed by atoms with van der Waals surface area (Å²) in [5.74, 6) is 0.0425. The number of hydrogen-bond donors (Lipinski definition) is 2. The van der Waals surface area contributed by atoms with Crippen LogP contribution in [0.5, 0.6) is 0 Å². The van der Waals surface area contributed by atoms with E-state index in [4.69, 9.17) is 4.74 Å². The predicted octanol–water partition coefficient (Wildman–Crippen LogP) is 3.40. The Balaban J connectivity index is 1.88. The van der Waals surface area contributed by atoms with Gasteiger partial charge in [-0.3, -0.25) is 4.79 Å². The van der Waals surface area contributed by atoms with Crippen molar-refractivity contribution in [1.29, 1.82) is 0 Å². The van der Waals surface area contributed by atoms with Crippen molar-refractivity contribution in [2.24, 2.45) is 0 Å². The summed E-state index contributed by atoms with van der Waals surface area (Å²) in [7, 11) is 0. The number of hydrogen-bond acceptors (Lipinski definition) is 3. The first-order valence-electron chi connectivity index (χ1n) is 7.49. The molecule has 0 saturated carbocycles. The summed E-state index contributed by atoms with van der Waals surface area (Å²) in [6.45, 7) is 4.85. The maximum absolute atomic E-state index is 11.3. The Morgan fingerprint density at radius 3 is 2.60 bits per heavy atom. The molecule has 2 unspecified atom stereocenters. The Hall–Kier alpha value is -1.55. The second-order valence-electron chi connectivity index (χ2n) is 5.25. The Kier molecular flexibility index (Phi) is 5.41. The van der Waals surface area contributed by atoms with E-state index in [9.17, 15) is 4.79 Å². The molecule has 110 valence electrons. The van der Waals surface area contributed by atoms with E-state index in [-0.39, 0.29) is 5.91 Å². The lowest BCUT2D eigenvalue weighted by atomic mass is 10.0. The molecule has 1 aromatic rings. The normalized spacial score (nSPS) is 22.3. The molecule has 1 aromatic carbocycles. The molecular formula is C16H24N2O2. The Bertz CT molecular complexity index is 431. The minimum Gasteiger partial charge on any atom is -0.382 e. The van der Waals surface area contributed by atoms with E-state index in [0.717, 1.165) is 37.2 Å². The van der Waals surface area contributed by atoms with Crippen LogP contribution in [0.15, 0.2) is 24.3 Å². The van der Waals surface area contributed by atoms with Gasteiger partial charge in [-0.25, -0.2) is 0 Å². The van der Waals surface area contributed by atoms with Crippen molar-refractivity contribution < 1.29 is 9.53 Å². The summed E-state index contributed by atoms with van der Waals surface area (Å²) in [6, 6.07) is 8.38. The van der Waals surface area contributed by atoms with Crippen molar-refractivity contribution in [3.63, 3.8) is 0 Å². The van der Waals surface area contributed by atoms with Crippen LogP contribution in [0.3, 0.4) is 0 Å². The molecule has 4 nitrogen and oxygen atoms in total. The molecule has 1 aliphatic rings. The van der Waals surface area contributed by atoms with E-state index in [1.165, 1.54) is 0 Å². The van der Waals surface area contributed by atoms with Crippen molar-refractivity contribution in [3.8, 4) is 0 Å². The standard InChI is InChI=1S/C16H24N2O2/c1-3-15-11-14(9-10-20-15)17-12-5-7-13(8-6-12)18-16(19)4-2/h5-8,14-15,17H,3-4,9-11H2,1-2H3,(H,18,19). The highest BCUT2D eigenvalue weighted by molar-refractivity contribution is 5.90. The molecule has 0 aliphatic carbocycles. The van der Waals surface area contributed by atoms with E-state index in [1.807, 2.05) is 31.2 Å². The lowest BCUT2D eigenvalue weighted by Gasteiger charge is -2.30. The monoisotopic (exact) mass is 276 g/mol. The van der Waals surface area contributed by atoms with Crippen LogP contribution in [0.1, 0.15) is 39.5 Å².